The quantitative estimate of drug-likeness (QED) is 0.388. The Morgan fingerprint density at radius 3 is 2.26 bits per heavy atom. The van der Waals surface area contributed by atoms with Crippen LogP contribution < -0.4 is 10.6 Å². The monoisotopic (exact) mass is 478 g/mol. The number of aliphatic hydroxyl groups excluding tert-OH is 1. The number of carbonyl (C=O) groups excluding carboxylic acids is 2. The van der Waals surface area contributed by atoms with Crippen molar-refractivity contribution in [1.29, 1.82) is 0 Å². The maximum Gasteiger partial charge on any atom is 0.407 e. The van der Waals surface area contributed by atoms with Crippen molar-refractivity contribution in [2.45, 2.75) is 31.5 Å². The van der Waals surface area contributed by atoms with Crippen molar-refractivity contribution in [1.82, 2.24) is 20.4 Å². The van der Waals surface area contributed by atoms with Crippen molar-refractivity contribution in [3.63, 3.8) is 0 Å². The Kier molecular flexibility index (Phi) is 6.83. The fraction of sp³-hybridized carbons (Fsp3) is 0.280. The van der Waals surface area contributed by atoms with Crippen molar-refractivity contribution < 1.29 is 29.3 Å². The first-order valence-electron chi connectivity index (χ1n) is 11.1. The molecule has 1 aliphatic rings. The zero-order chi connectivity index (χ0) is 25.1. The molecule has 0 spiro atoms. The van der Waals surface area contributed by atoms with Crippen LogP contribution in [0.1, 0.15) is 40.2 Å². The largest absolute Gasteiger partial charge is 0.480 e. The Morgan fingerprint density at radius 2 is 1.69 bits per heavy atom. The molecule has 0 saturated heterocycles. The number of aryl methyl sites for hydroxylation is 1. The van der Waals surface area contributed by atoms with Crippen molar-refractivity contribution in [3.05, 3.63) is 77.1 Å². The Labute approximate surface area is 201 Å². The molecule has 1 heterocycles. The van der Waals surface area contributed by atoms with Gasteiger partial charge in [0.25, 0.3) is 5.91 Å². The van der Waals surface area contributed by atoms with Crippen LogP contribution in [0.4, 0.5) is 4.79 Å². The number of ether oxygens (including phenoxy) is 1. The fourth-order valence-electron chi connectivity index (χ4n) is 4.24. The first-order chi connectivity index (χ1) is 16.8. The SMILES string of the molecule is CC(O)C(NC(=O)c1cc(CNC(=O)OCC2c3ccccc3-c3ccccc32)nn1C)C(=O)O. The summed E-state index contributed by atoms with van der Waals surface area (Å²) in [7, 11) is 1.52. The summed E-state index contributed by atoms with van der Waals surface area (Å²) in [4.78, 5) is 36.0. The summed E-state index contributed by atoms with van der Waals surface area (Å²) < 4.78 is 6.76. The lowest BCUT2D eigenvalue weighted by molar-refractivity contribution is -0.141. The topological polar surface area (TPSA) is 143 Å². The van der Waals surface area contributed by atoms with Crippen molar-refractivity contribution >= 4 is 18.0 Å². The normalized spacial score (nSPS) is 13.9. The number of benzene rings is 2. The molecule has 1 aliphatic carbocycles. The molecule has 0 bridgehead atoms. The number of carbonyl (C=O) groups is 3. The van der Waals surface area contributed by atoms with Gasteiger partial charge in [-0.15, -0.1) is 0 Å². The van der Waals surface area contributed by atoms with E-state index in [1.165, 1.54) is 24.7 Å². The number of nitrogens with one attached hydrogen (secondary N) is 2. The third kappa shape index (κ3) is 5.02. The number of hydrogen-bond donors (Lipinski definition) is 4. The molecule has 2 amide bonds. The lowest BCUT2D eigenvalue weighted by Gasteiger charge is -2.16. The highest BCUT2D eigenvalue weighted by Crippen LogP contribution is 2.44. The minimum atomic E-state index is -1.46. The van der Waals surface area contributed by atoms with Crippen molar-refractivity contribution in [2.75, 3.05) is 6.61 Å². The molecular formula is C25H26N4O6. The Bertz CT molecular complexity index is 1220. The lowest BCUT2D eigenvalue weighted by Crippen LogP contribution is -2.48. The molecule has 10 nitrogen and oxygen atoms in total. The molecule has 1 aromatic heterocycles. The zero-order valence-electron chi connectivity index (χ0n) is 19.3. The Balaban J connectivity index is 1.35. The highest BCUT2D eigenvalue weighted by molar-refractivity contribution is 5.95. The van der Waals surface area contributed by atoms with E-state index < -0.39 is 30.1 Å². The molecule has 0 radical (unpaired) electrons. The van der Waals surface area contributed by atoms with Crippen LogP contribution in [0.3, 0.4) is 0 Å². The van der Waals surface area contributed by atoms with Crippen LogP contribution >= 0.6 is 0 Å². The molecule has 3 aromatic rings. The van der Waals surface area contributed by atoms with E-state index >= 15 is 0 Å². The second-order valence-corrected chi connectivity index (χ2v) is 8.35. The van der Waals surface area contributed by atoms with Gasteiger partial charge in [0.15, 0.2) is 6.04 Å². The predicted octanol–water partition coefficient (Wildman–Crippen LogP) is 2.02. The average molecular weight is 479 g/mol. The smallest absolute Gasteiger partial charge is 0.407 e. The maximum atomic E-state index is 12.4. The number of aliphatic hydroxyl groups is 1. The molecule has 4 N–H and O–H groups in total. The summed E-state index contributed by atoms with van der Waals surface area (Å²) in [6.07, 6.45) is -1.90. The third-order valence-electron chi connectivity index (χ3n) is 5.96. The van der Waals surface area contributed by atoms with Gasteiger partial charge in [-0.05, 0) is 35.2 Å². The molecule has 10 heteroatoms. The summed E-state index contributed by atoms with van der Waals surface area (Å²) in [5.74, 6) is -2.12. The predicted molar refractivity (Wildman–Crippen MR) is 126 cm³/mol. The van der Waals surface area contributed by atoms with Gasteiger partial charge in [-0.25, -0.2) is 9.59 Å². The highest BCUT2D eigenvalue weighted by atomic mass is 16.5. The minimum Gasteiger partial charge on any atom is -0.480 e. The number of amides is 2. The lowest BCUT2D eigenvalue weighted by atomic mass is 9.98. The highest BCUT2D eigenvalue weighted by Gasteiger charge is 2.29. The molecule has 0 saturated carbocycles. The van der Waals surface area contributed by atoms with Crippen LogP contribution in [0, 0.1) is 0 Å². The van der Waals surface area contributed by atoms with Gasteiger partial charge in [-0.2, -0.15) is 5.10 Å². The van der Waals surface area contributed by atoms with E-state index in [0.29, 0.717) is 5.69 Å². The molecule has 0 fully saturated rings. The Hall–Kier alpha value is -4.18. The van der Waals surface area contributed by atoms with Crippen molar-refractivity contribution in [2.24, 2.45) is 7.05 Å². The molecule has 4 rings (SSSR count). The zero-order valence-corrected chi connectivity index (χ0v) is 19.3. The van der Waals surface area contributed by atoms with Gasteiger partial charge in [0.1, 0.15) is 12.3 Å². The van der Waals surface area contributed by atoms with Gasteiger partial charge >= 0.3 is 12.1 Å². The number of rotatable bonds is 8. The van der Waals surface area contributed by atoms with Gasteiger partial charge in [0, 0.05) is 13.0 Å². The Morgan fingerprint density at radius 1 is 1.09 bits per heavy atom. The van der Waals surface area contributed by atoms with Gasteiger partial charge in [0.2, 0.25) is 0 Å². The van der Waals surface area contributed by atoms with E-state index in [4.69, 9.17) is 9.84 Å². The van der Waals surface area contributed by atoms with Crippen LogP contribution in [0.15, 0.2) is 54.6 Å². The van der Waals surface area contributed by atoms with E-state index in [0.717, 1.165) is 22.3 Å². The second-order valence-electron chi connectivity index (χ2n) is 8.35. The number of carboxylic acids is 1. The van der Waals surface area contributed by atoms with Crippen molar-refractivity contribution in [3.8, 4) is 11.1 Å². The van der Waals surface area contributed by atoms with E-state index in [1.807, 2.05) is 36.4 Å². The van der Waals surface area contributed by atoms with Crippen LogP contribution in [-0.4, -0.2) is 56.7 Å². The van der Waals surface area contributed by atoms with Crippen LogP contribution in [0.25, 0.3) is 11.1 Å². The maximum absolute atomic E-state index is 12.4. The molecule has 2 atom stereocenters. The molecule has 0 aliphatic heterocycles. The minimum absolute atomic E-state index is 0.0105. The number of aliphatic carboxylic acids is 1. The third-order valence-corrected chi connectivity index (χ3v) is 5.96. The number of alkyl carbamates (subject to hydrolysis) is 1. The first kappa shape index (κ1) is 24.0. The van der Waals surface area contributed by atoms with E-state index in [-0.39, 0.29) is 24.8 Å². The van der Waals surface area contributed by atoms with Gasteiger partial charge < -0.3 is 25.6 Å². The number of aromatic nitrogens is 2. The summed E-state index contributed by atoms with van der Waals surface area (Å²) >= 11 is 0. The first-order valence-corrected chi connectivity index (χ1v) is 11.1. The van der Waals surface area contributed by atoms with Crippen LogP contribution in [0.2, 0.25) is 0 Å². The van der Waals surface area contributed by atoms with Gasteiger partial charge in [0.05, 0.1) is 18.3 Å². The van der Waals surface area contributed by atoms with Crippen LogP contribution in [-0.2, 0) is 23.1 Å². The van der Waals surface area contributed by atoms with Gasteiger partial charge in [-0.1, -0.05) is 48.5 Å². The van der Waals surface area contributed by atoms with E-state index in [2.05, 4.69) is 27.9 Å². The fourth-order valence-corrected chi connectivity index (χ4v) is 4.24. The second kappa shape index (κ2) is 9.98. The summed E-state index contributed by atoms with van der Waals surface area (Å²) in [5.41, 5.74) is 4.96. The molecule has 35 heavy (non-hydrogen) atoms. The average Bonchev–Trinajstić information content (AvgIpc) is 3.37. The number of fused-ring (bicyclic) bond motifs is 3. The summed E-state index contributed by atoms with van der Waals surface area (Å²) in [6, 6.07) is 16.1. The number of carboxylic acid groups (broad SMARTS) is 1. The summed E-state index contributed by atoms with van der Waals surface area (Å²) in [6.45, 7) is 1.45. The number of nitrogens with zero attached hydrogens (tertiary/aromatic N) is 2. The van der Waals surface area contributed by atoms with E-state index in [1.54, 1.807) is 0 Å². The molecule has 2 aromatic carbocycles. The standard InChI is InChI=1S/C25H26N4O6/c1-14(30)22(24(32)33)27-23(31)21-11-15(28-29(21)2)12-26-25(34)35-13-20-18-9-5-3-7-16(18)17-8-4-6-10-19(17)20/h3-11,14,20,22,30H,12-13H2,1-2H3,(H,26,34)(H,27,31)(H,32,33). The molecular weight excluding hydrogens is 452 g/mol. The van der Waals surface area contributed by atoms with E-state index in [9.17, 15) is 19.5 Å². The van der Waals surface area contributed by atoms with Gasteiger partial charge in [-0.3, -0.25) is 9.48 Å². The molecule has 182 valence electrons. The number of hydrogen-bond acceptors (Lipinski definition) is 6. The van der Waals surface area contributed by atoms with Crippen LogP contribution in [0.5, 0.6) is 0 Å². The molecule has 2 unspecified atom stereocenters. The summed E-state index contributed by atoms with van der Waals surface area (Å²) in [5, 5.41) is 27.8.